The lowest BCUT2D eigenvalue weighted by Crippen LogP contribution is -2.29. The monoisotopic (exact) mass is 405 g/mol. The van der Waals surface area contributed by atoms with Gasteiger partial charge in [0.15, 0.2) is 0 Å². The molecular weight excluding hydrogens is 378 g/mol. The molecule has 1 aliphatic heterocycles. The molecule has 0 radical (unpaired) electrons. The van der Waals surface area contributed by atoms with E-state index < -0.39 is 0 Å². The molecule has 2 aromatic carbocycles. The first-order valence-electron chi connectivity index (χ1n) is 10.4. The minimum absolute atomic E-state index is 0.0809. The zero-order valence-electron chi connectivity index (χ0n) is 17.5. The number of ether oxygens (including phenoxy) is 1. The summed E-state index contributed by atoms with van der Waals surface area (Å²) in [7, 11) is 1.61. The van der Waals surface area contributed by atoms with Gasteiger partial charge >= 0.3 is 0 Å². The van der Waals surface area contributed by atoms with Gasteiger partial charge in [-0.1, -0.05) is 31.2 Å². The molecule has 156 valence electrons. The fourth-order valence-electron chi connectivity index (χ4n) is 4.35. The molecule has 0 spiro atoms. The van der Waals surface area contributed by atoms with Gasteiger partial charge in [-0.25, -0.2) is 0 Å². The summed E-state index contributed by atoms with van der Waals surface area (Å²) in [5.74, 6) is 0.681. The highest BCUT2D eigenvalue weighted by Crippen LogP contribution is 2.35. The second kappa shape index (κ2) is 8.71. The Labute approximate surface area is 176 Å². The molecule has 0 amide bonds. The van der Waals surface area contributed by atoms with Crippen LogP contribution in [0, 0.1) is 10.1 Å². The number of nitro benzene ring substituents is 1. The SMILES string of the molecule is CCc1ccc(C2c3cccn3CCCN2Cc2cc([N+](=O)[O-])ccc2OC)cc1. The van der Waals surface area contributed by atoms with E-state index in [2.05, 4.69) is 59.0 Å². The zero-order chi connectivity index (χ0) is 21.1. The van der Waals surface area contributed by atoms with Gasteiger partial charge in [-0.05, 0) is 42.2 Å². The number of rotatable bonds is 6. The molecule has 0 saturated heterocycles. The number of fused-ring (bicyclic) bond motifs is 1. The van der Waals surface area contributed by atoms with Crippen molar-refractivity contribution in [2.75, 3.05) is 13.7 Å². The van der Waals surface area contributed by atoms with Gasteiger partial charge in [-0.15, -0.1) is 0 Å². The summed E-state index contributed by atoms with van der Waals surface area (Å²) in [5, 5.41) is 11.3. The van der Waals surface area contributed by atoms with Crippen molar-refractivity contribution >= 4 is 5.69 Å². The van der Waals surface area contributed by atoms with E-state index in [0.717, 1.165) is 31.5 Å². The van der Waals surface area contributed by atoms with Crippen molar-refractivity contribution in [2.45, 2.75) is 38.9 Å². The van der Waals surface area contributed by atoms with Crippen molar-refractivity contribution in [3.05, 3.63) is 93.3 Å². The predicted molar refractivity (Wildman–Crippen MR) is 117 cm³/mol. The van der Waals surface area contributed by atoms with Crippen molar-refractivity contribution < 1.29 is 9.66 Å². The van der Waals surface area contributed by atoms with Crippen molar-refractivity contribution in [3.8, 4) is 5.75 Å². The largest absolute Gasteiger partial charge is 0.496 e. The molecule has 1 atom stereocenters. The lowest BCUT2D eigenvalue weighted by atomic mass is 9.99. The van der Waals surface area contributed by atoms with Crippen molar-refractivity contribution in [1.29, 1.82) is 0 Å². The van der Waals surface area contributed by atoms with E-state index in [4.69, 9.17) is 4.74 Å². The number of methoxy groups -OCH3 is 1. The molecule has 6 nitrogen and oxygen atoms in total. The predicted octanol–water partition coefficient (Wildman–Crippen LogP) is 4.96. The van der Waals surface area contributed by atoms with Crippen LogP contribution in [-0.2, 0) is 19.5 Å². The Bertz CT molecular complexity index is 1030. The summed E-state index contributed by atoms with van der Waals surface area (Å²) >= 11 is 0. The van der Waals surface area contributed by atoms with Gasteiger partial charge in [0.05, 0.1) is 18.1 Å². The second-order valence-corrected chi connectivity index (χ2v) is 7.70. The average molecular weight is 405 g/mol. The lowest BCUT2D eigenvalue weighted by Gasteiger charge is -2.31. The lowest BCUT2D eigenvalue weighted by molar-refractivity contribution is -0.385. The van der Waals surface area contributed by atoms with Crippen LogP contribution in [0.15, 0.2) is 60.8 Å². The number of non-ortho nitro benzene ring substituents is 1. The number of benzene rings is 2. The smallest absolute Gasteiger partial charge is 0.270 e. The highest BCUT2D eigenvalue weighted by atomic mass is 16.6. The van der Waals surface area contributed by atoms with E-state index in [1.807, 2.05) is 0 Å². The van der Waals surface area contributed by atoms with Gasteiger partial charge in [-0.3, -0.25) is 15.0 Å². The van der Waals surface area contributed by atoms with Crippen LogP contribution in [0.3, 0.4) is 0 Å². The molecule has 6 heteroatoms. The summed E-state index contributed by atoms with van der Waals surface area (Å²) < 4.78 is 7.85. The fraction of sp³-hybridized carbons (Fsp3) is 0.333. The number of hydrogen-bond acceptors (Lipinski definition) is 4. The van der Waals surface area contributed by atoms with E-state index in [1.54, 1.807) is 19.2 Å². The second-order valence-electron chi connectivity index (χ2n) is 7.70. The van der Waals surface area contributed by atoms with Crippen LogP contribution in [0.1, 0.15) is 41.8 Å². The van der Waals surface area contributed by atoms with Gasteiger partial charge in [0, 0.05) is 49.2 Å². The zero-order valence-corrected chi connectivity index (χ0v) is 17.5. The van der Waals surface area contributed by atoms with Crippen LogP contribution < -0.4 is 4.74 Å². The summed E-state index contributed by atoms with van der Waals surface area (Å²) in [6, 6.07) is 18.0. The number of hydrogen-bond donors (Lipinski definition) is 0. The van der Waals surface area contributed by atoms with Gasteiger partial charge < -0.3 is 9.30 Å². The van der Waals surface area contributed by atoms with Crippen LogP contribution in [0.5, 0.6) is 5.75 Å². The number of aromatic nitrogens is 1. The first-order valence-corrected chi connectivity index (χ1v) is 10.4. The van der Waals surface area contributed by atoms with Crippen LogP contribution in [-0.4, -0.2) is 28.0 Å². The van der Waals surface area contributed by atoms with Gasteiger partial charge in [0.25, 0.3) is 5.69 Å². The standard InChI is InChI=1S/C24H27N3O3/c1-3-18-7-9-19(10-8-18)24-22-6-4-13-25(22)14-5-15-26(24)17-20-16-21(27(28)29)11-12-23(20)30-2/h4,6-13,16,24H,3,5,14-15,17H2,1-2H3. The third kappa shape index (κ3) is 3.96. The molecule has 30 heavy (non-hydrogen) atoms. The van der Waals surface area contributed by atoms with Crippen molar-refractivity contribution in [3.63, 3.8) is 0 Å². The summed E-state index contributed by atoms with van der Waals surface area (Å²) in [5.41, 5.74) is 4.73. The van der Waals surface area contributed by atoms with Gasteiger partial charge in [0.1, 0.15) is 5.75 Å². The third-order valence-corrected chi connectivity index (χ3v) is 5.91. The highest BCUT2D eigenvalue weighted by Gasteiger charge is 2.28. The first-order chi connectivity index (χ1) is 14.6. The van der Waals surface area contributed by atoms with Crippen molar-refractivity contribution in [1.82, 2.24) is 9.47 Å². The Hall–Kier alpha value is -3.12. The van der Waals surface area contributed by atoms with Gasteiger partial charge in [-0.2, -0.15) is 0 Å². The minimum atomic E-state index is -0.350. The molecule has 1 aromatic heterocycles. The Morgan fingerprint density at radius 3 is 2.63 bits per heavy atom. The molecule has 0 bridgehead atoms. The van der Waals surface area contributed by atoms with Crippen LogP contribution in [0.2, 0.25) is 0 Å². The van der Waals surface area contributed by atoms with E-state index in [-0.39, 0.29) is 16.7 Å². The Balaban J connectivity index is 1.75. The molecular formula is C24H27N3O3. The number of nitro groups is 1. The average Bonchev–Trinajstić information content (AvgIpc) is 3.15. The van der Waals surface area contributed by atoms with Crippen molar-refractivity contribution in [2.24, 2.45) is 0 Å². The Kier molecular flexibility index (Phi) is 5.86. The summed E-state index contributed by atoms with van der Waals surface area (Å²) in [6.07, 6.45) is 4.17. The van der Waals surface area contributed by atoms with Crippen LogP contribution in [0.25, 0.3) is 0 Å². The highest BCUT2D eigenvalue weighted by molar-refractivity contribution is 5.44. The molecule has 4 rings (SSSR count). The molecule has 1 aliphatic rings. The molecule has 0 fully saturated rings. The molecule has 0 aliphatic carbocycles. The molecule has 3 aromatic rings. The van der Waals surface area contributed by atoms with Gasteiger partial charge in [0.2, 0.25) is 0 Å². The number of aryl methyl sites for hydroxylation is 2. The van der Waals surface area contributed by atoms with Crippen LogP contribution >= 0.6 is 0 Å². The Morgan fingerprint density at radius 1 is 1.13 bits per heavy atom. The topological polar surface area (TPSA) is 60.5 Å². The molecule has 0 saturated carbocycles. The quantitative estimate of drug-likeness (QED) is 0.429. The summed E-state index contributed by atoms with van der Waals surface area (Å²) in [4.78, 5) is 13.4. The number of nitrogens with zero attached hydrogens (tertiary/aromatic N) is 3. The van der Waals surface area contributed by atoms with E-state index in [1.165, 1.54) is 22.9 Å². The maximum absolute atomic E-state index is 11.3. The third-order valence-electron chi connectivity index (χ3n) is 5.91. The maximum atomic E-state index is 11.3. The van der Waals surface area contributed by atoms with Crippen LogP contribution in [0.4, 0.5) is 5.69 Å². The van der Waals surface area contributed by atoms with E-state index in [0.29, 0.717) is 12.3 Å². The fourth-order valence-corrected chi connectivity index (χ4v) is 4.35. The minimum Gasteiger partial charge on any atom is -0.496 e. The van der Waals surface area contributed by atoms with E-state index >= 15 is 0 Å². The Morgan fingerprint density at radius 2 is 1.93 bits per heavy atom. The molecule has 2 heterocycles. The maximum Gasteiger partial charge on any atom is 0.270 e. The van der Waals surface area contributed by atoms with E-state index in [9.17, 15) is 10.1 Å². The normalized spacial score (nSPS) is 16.7. The molecule has 1 unspecified atom stereocenters. The summed E-state index contributed by atoms with van der Waals surface area (Å²) in [6.45, 7) is 4.60. The first kappa shape index (κ1) is 20.2. The molecule has 0 N–H and O–H groups in total.